The number of benzene rings is 1. The number of likely N-dealkylation sites (N-methyl/N-ethyl adjacent to an activating group) is 1. The van der Waals surface area contributed by atoms with E-state index in [9.17, 15) is 0 Å². The molecule has 1 heterocycles. The maximum atomic E-state index is 6.16. The zero-order valence-corrected chi connectivity index (χ0v) is 17.3. The number of methoxy groups -OCH3 is 1. The molecule has 2 aromatic rings. The Hall–Kier alpha value is -0.910. The Bertz CT molecular complexity index is 616. The molecule has 0 fully saturated rings. The molecule has 0 aliphatic carbocycles. The predicted molar refractivity (Wildman–Crippen MR) is 110 cm³/mol. The van der Waals surface area contributed by atoms with Crippen LogP contribution in [0.5, 0.6) is 5.75 Å². The first-order valence-electron chi connectivity index (χ1n) is 8.03. The van der Waals surface area contributed by atoms with E-state index in [1.165, 1.54) is 0 Å². The molecule has 0 saturated heterocycles. The van der Waals surface area contributed by atoms with Crippen LogP contribution in [0.25, 0.3) is 11.3 Å². The summed E-state index contributed by atoms with van der Waals surface area (Å²) in [5.74, 6) is 2.40. The summed E-state index contributed by atoms with van der Waals surface area (Å²) in [5.41, 5.74) is 0.949. The monoisotopic (exact) mass is 408 g/mol. The van der Waals surface area contributed by atoms with Crippen LogP contribution in [0.1, 0.15) is 19.6 Å². The van der Waals surface area contributed by atoms with Crippen LogP contribution >= 0.6 is 36.4 Å². The molecule has 142 valence electrons. The average Bonchev–Trinajstić information content (AvgIpc) is 3.04. The van der Waals surface area contributed by atoms with E-state index in [0.29, 0.717) is 10.8 Å². The summed E-state index contributed by atoms with van der Waals surface area (Å²) in [6, 6.07) is 9.62. The molecule has 4 nitrogen and oxygen atoms in total. The molecule has 7 heteroatoms. The molecule has 0 spiro atoms. The highest BCUT2D eigenvalue weighted by Crippen LogP contribution is 2.31. The number of furan rings is 1. The van der Waals surface area contributed by atoms with E-state index in [1.54, 1.807) is 7.11 Å². The summed E-state index contributed by atoms with van der Waals surface area (Å²) in [4.78, 5) is 2.39. The van der Waals surface area contributed by atoms with E-state index in [2.05, 4.69) is 24.1 Å². The van der Waals surface area contributed by atoms with Gasteiger partial charge in [-0.25, -0.2) is 0 Å². The average molecular weight is 410 g/mol. The Labute approximate surface area is 167 Å². The second kappa shape index (κ2) is 12.4. The van der Waals surface area contributed by atoms with E-state index in [-0.39, 0.29) is 24.8 Å². The van der Waals surface area contributed by atoms with Gasteiger partial charge in [0.15, 0.2) is 0 Å². The fraction of sp³-hybridized carbons (Fsp3) is 0.444. The highest BCUT2D eigenvalue weighted by atomic mass is 35.5. The van der Waals surface area contributed by atoms with E-state index in [1.807, 2.05) is 30.3 Å². The summed E-state index contributed by atoms with van der Waals surface area (Å²) >= 11 is 6.16. The molecule has 0 aliphatic heterocycles. The Morgan fingerprint density at radius 1 is 1.12 bits per heavy atom. The molecule has 0 aliphatic rings. The fourth-order valence-corrected chi connectivity index (χ4v) is 2.69. The van der Waals surface area contributed by atoms with Crippen LogP contribution in [0.15, 0.2) is 34.7 Å². The van der Waals surface area contributed by atoms with Gasteiger partial charge in [0.05, 0.1) is 18.7 Å². The third kappa shape index (κ3) is 7.08. The SMILES string of the molecule is CCN(CC)CCNCc1ccc(-c2ccc(OC)c(Cl)c2)o1.Cl.Cl. The molecule has 0 amide bonds. The maximum absolute atomic E-state index is 6.16. The van der Waals surface area contributed by atoms with Gasteiger partial charge in [0.2, 0.25) is 0 Å². The number of hydrogen-bond donors (Lipinski definition) is 1. The van der Waals surface area contributed by atoms with Gasteiger partial charge >= 0.3 is 0 Å². The van der Waals surface area contributed by atoms with E-state index in [0.717, 1.165) is 49.8 Å². The molecular formula is C18H27Cl3N2O2. The largest absolute Gasteiger partial charge is 0.495 e. The minimum atomic E-state index is 0. The lowest BCUT2D eigenvalue weighted by molar-refractivity contribution is 0.300. The van der Waals surface area contributed by atoms with Gasteiger partial charge in [-0.3, -0.25) is 0 Å². The van der Waals surface area contributed by atoms with E-state index < -0.39 is 0 Å². The fourth-order valence-electron chi connectivity index (χ4n) is 2.44. The van der Waals surface area contributed by atoms with Crippen molar-refractivity contribution < 1.29 is 9.15 Å². The second-order valence-corrected chi connectivity index (χ2v) is 5.73. The van der Waals surface area contributed by atoms with Gasteiger partial charge in [-0.1, -0.05) is 25.4 Å². The minimum Gasteiger partial charge on any atom is -0.495 e. The summed E-state index contributed by atoms with van der Waals surface area (Å²) < 4.78 is 11.1. The summed E-state index contributed by atoms with van der Waals surface area (Å²) in [6.07, 6.45) is 0. The third-order valence-electron chi connectivity index (χ3n) is 3.90. The molecule has 2 rings (SSSR count). The van der Waals surface area contributed by atoms with Gasteiger partial charge in [-0.15, -0.1) is 24.8 Å². The number of nitrogens with zero attached hydrogens (tertiary/aromatic N) is 1. The second-order valence-electron chi connectivity index (χ2n) is 5.32. The first-order valence-corrected chi connectivity index (χ1v) is 8.41. The zero-order valence-electron chi connectivity index (χ0n) is 14.9. The van der Waals surface area contributed by atoms with Crippen LogP contribution in [0.3, 0.4) is 0 Å². The van der Waals surface area contributed by atoms with Crippen molar-refractivity contribution >= 4 is 36.4 Å². The van der Waals surface area contributed by atoms with Crippen molar-refractivity contribution in [2.45, 2.75) is 20.4 Å². The molecule has 1 N–H and O–H groups in total. The highest BCUT2D eigenvalue weighted by Gasteiger charge is 2.08. The van der Waals surface area contributed by atoms with Gasteiger partial charge < -0.3 is 19.4 Å². The molecular weight excluding hydrogens is 383 g/mol. The van der Waals surface area contributed by atoms with E-state index in [4.69, 9.17) is 20.8 Å². The van der Waals surface area contributed by atoms with Crippen molar-refractivity contribution in [2.24, 2.45) is 0 Å². The van der Waals surface area contributed by atoms with Gasteiger partial charge in [-0.2, -0.15) is 0 Å². The Balaban J connectivity index is 0.00000288. The molecule has 25 heavy (non-hydrogen) atoms. The lowest BCUT2D eigenvalue weighted by atomic mass is 10.2. The lowest BCUT2D eigenvalue weighted by Gasteiger charge is -2.17. The topological polar surface area (TPSA) is 37.6 Å². The van der Waals surface area contributed by atoms with Gasteiger partial charge in [0.1, 0.15) is 17.3 Å². The van der Waals surface area contributed by atoms with Crippen LogP contribution in [-0.4, -0.2) is 38.2 Å². The van der Waals surface area contributed by atoms with E-state index >= 15 is 0 Å². The number of nitrogens with one attached hydrogen (secondary N) is 1. The number of ether oxygens (including phenoxy) is 1. The predicted octanol–water partition coefficient (Wildman–Crippen LogP) is 4.88. The maximum Gasteiger partial charge on any atom is 0.137 e. The van der Waals surface area contributed by atoms with Crippen molar-refractivity contribution in [2.75, 3.05) is 33.3 Å². The van der Waals surface area contributed by atoms with Crippen LogP contribution in [-0.2, 0) is 6.54 Å². The normalized spacial score (nSPS) is 10.3. The van der Waals surface area contributed by atoms with Gasteiger partial charge in [-0.05, 0) is 43.4 Å². The van der Waals surface area contributed by atoms with Crippen molar-refractivity contribution in [3.05, 3.63) is 41.1 Å². The van der Waals surface area contributed by atoms with Crippen LogP contribution in [0, 0.1) is 0 Å². The first-order chi connectivity index (χ1) is 11.2. The Morgan fingerprint density at radius 3 is 2.44 bits per heavy atom. The smallest absolute Gasteiger partial charge is 0.137 e. The first kappa shape index (κ1) is 24.1. The molecule has 0 bridgehead atoms. The van der Waals surface area contributed by atoms with Crippen LogP contribution < -0.4 is 10.1 Å². The molecule has 1 aromatic heterocycles. The number of rotatable bonds is 9. The Morgan fingerprint density at radius 2 is 1.84 bits per heavy atom. The van der Waals surface area contributed by atoms with Crippen LogP contribution in [0.2, 0.25) is 5.02 Å². The number of halogens is 3. The minimum absolute atomic E-state index is 0. The molecule has 0 radical (unpaired) electrons. The summed E-state index contributed by atoms with van der Waals surface area (Å²) in [7, 11) is 1.61. The van der Waals surface area contributed by atoms with Gasteiger partial charge in [0.25, 0.3) is 0 Å². The quantitative estimate of drug-likeness (QED) is 0.599. The van der Waals surface area contributed by atoms with Crippen LogP contribution in [0.4, 0.5) is 0 Å². The summed E-state index contributed by atoms with van der Waals surface area (Å²) in [6.45, 7) is 9.26. The summed E-state index contributed by atoms with van der Waals surface area (Å²) in [5, 5.41) is 4.00. The lowest BCUT2D eigenvalue weighted by Crippen LogP contribution is -2.31. The standard InChI is InChI=1S/C18H25ClN2O2.2ClH/c1-4-21(5-2)11-10-20-13-15-7-9-17(23-15)14-6-8-18(22-3)16(19)12-14;;/h6-9,12,20H,4-5,10-11,13H2,1-3H3;2*1H. The molecule has 0 saturated carbocycles. The molecule has 0 unspecified atom stereocenters. The molecule has 0 atom stereocenters. The van der Waals surface area contributed by atoms with Gasteiger partial charge in [0, 0.05) is 18.7 Å². The number of hydrogen-bond acceptors (Lipinski definition) is 4. The Kier molecular flexibility index (Phi) is 12.0. The van der Waals surface area contributed by atoms with Crippen molar-refractivity contribution in [1.82, 2.24) is 10.2 Å². The van der Waals surface area contributed by atoms with Crippen molar-refractivity contribution in [3.63, 3.8) is 0 Å². The third-order valence-corrected chi connectivity index (χ3v) is 4.19. The highest BCUT2D eigenvalue weighted by molar-refractivity contribution is 6.32. The van der Waals surface area contributed by atoms with Crippen molar-refractivity contribution in [1.29, 1.82) is 0 Å². The molecule has 1 aromatic carbocycles. The van der Waals surface area contributed by atoms with Crippen molar-refractivity contribution in [3.8, 4) is 17.1 Å². The zero-order chi connectivity index (χ0) is 16.7.